The average molecular weight is 193 g/mol. The van der Waals surface area contributed by atoms with Gasteiger partial charge < -0.3 is 10.7 Å². The molecular weight excluding hydrogens is 182 g/mol. The Bertz CT molecular complexity index is 422. The molecule has 0 fully saturated rings. The number of nitrogens with one attached hydrogen (secondary N) is 1. The van der Waals surface area contributed by atoms with E-state index in [1.807, 2.05) is 12.3 Å². The van der Waals surface area contributed by atoms with Crippen LogP contribution in [0.15, 0.2) is 23.4 Å². The van der Waals surface area contributed by atoms with E-state index in [0.29, 0.717) is 6.54 Å². The minimum Gasteiger partial charge on any atom is -0.345 e. The third kappa shape index (κ3) is 1.32. The van der Waals surface area contributed by atoms with Gasteiger partial charge in [-0.2, -0.15) is 0 Å². The van der Waals surface area contributed by atoms with Gasteiger partial charge in [0.15, 0.2) is 0 Å². The Labute approximate surface area is 80.7 Å². The van der Waals surface area contributed by atoms with E-state index < -0.39 is 0 Å². The van der Waals surface area contributed by atoms with Crippen molar-refractivity contribution < 1.29 is 0 Å². The Kier molecular flexibility index (Phi) is 2.24. The minimum atomic E-state index is 0.540. The fourth-order valence-corrected chi connectivity index (χ4v) is 2.07. The van der Waals surface area contributed by atoms with Crippen LogP contribution in [0.2, 0.25) is 0 Å². The quantitative estimate of drug-likeness (QED) is 0.714. The number of hydrogen-bond acceptors (Lipinski definition) is 3. The second-order valence-corrected chi connectivity index (χ2v) is 3.60. The Morgan fingerprint density at radius 3 is 3.08 bits per heavy atom. The zero-order valence-corrected chi connectivity index (χ0v) is 8.19. The van der Waals surface area contributed by atoms with Crippen LogP contribution in [0.4, 0.5) is 0 Å². The van der Waals surface area contributed by atoms with Gasteiger partial charge in [0.25, 0.3) is 0 Å². The van der Waals surface area contributed by atoms with Crippen LogP contribution >= 0.6 is 11.8 Å². The van der Waals surface area contributed by atoms with E-state index in [9.17, 15) is 0 Å². The fraction of sp³-hybridized carbons (Fsp3) is 0.222. The Balaban J connectivity index is 2.74. The molecule has 0 aliphatic heterocycles. The number of benzene rings is 1. The van der Waals surface area contributed by atoms with Gasteiger partial charge >= 0.3 is 0 Å². The normalized spacial score (nSPS) is 10.9. The molecule has 1 heterocycles. The summed E-state index contributed by atoms with van der Waals surface area (Å²) in [5.74, 6) is 0. The maximum Gasteiger partial charge on any atom is 0.0938 e. The zero-order valence-electron chi connectivity index (χ0n) is 7.37. The summed E-state index contributed by atoms with van der Waals surface area (Å²) >= 11 is 1.70. The predicted octanol–water partition coefficient (Wildman–Crippen LogP) is 1.74. The highest BCUT2D eigenvalue weighted by Gasteiger charge is 2.06. The molecule has 0 spiro atoms. The van der Waals surface area contributed by atoms with Gasteiger partial charge in [0.05, 0.1) is 17.4 Å². The molecule has 0 saturated heterocycles. The van der Waals surface area contributed by atoms with Crippen LogP contribution in [-0.2, 0) is 6.54 Å². The van der Waals surface area contributed by atoms with Crippen molar-refractivity contribution in [3.8, 4) is 0 Å². The summed E-state index contributed by atoms with van der Waals surface area (Å²) in [5, 5.41) is 0. The molecule has 3 nitrogen and oxygen atoms in total. The van der Waals surface area contributed by atoms with Crippen LogP contribution in [0, 0.1) is 0 Å². The zero-order chi connectivity index (χ0) is 9.26. The number of nitrogens with zero attached hydrogens (tertiary/aromatic N) is 1. The van der Waals surface area contributed by atoms with E-state index in [1.165, 1.54) is 4.90 Å². The van der Waals surface area contributed by atoms with Crippen LogP contribution in [0.1, 0.15) is 5.56 Å². The maximum absolute atomic E-state index is 5.68. The molecule has 3 N–H and O–H groups in total. The van der Waals surface area contributed by atoms with Crippen LogP contribution in [-0.4, -0.2) is 16.2 Å². The summed E-state index contributed by atoms with van der Waals surface area (Å²) in [6.45, 7) is 0.540. The van der Waals surface area contributed by atoms with Crippen molar-refractivity contribution in [2.75, 3.05) is 6.26 Å². The molecule has 0 aliphatic rings. The lowest BCUT2D eigenvalue weighted by Crippen LogP contribution is -1.99. The number of fused-ring (bicyclic) bond motifs is 1. The predicted molar refractivity (Wildman–Crippen MR) is 55.8 cm³/mol. The number of nitrogens with two attached hydrogens (primary N) is 1. The molecule has 0 unspecified atom stereocenters. The van der Waals surface area contributed by atoms with E-state index in [2.05, 4.69) is 16.0 Å². The lowest BCUT2D eigenvalue weighted by Gasteiger charge is -2.04. The molecule has 0 amide bonds. The first-order valence-corrected chi connectivity index (χ1v) is 5.28. The number of imidazole rings is 1. The Morgan fingerprint density at radius 1 is 1.54 bits per heavy atom. The van der Waals surface area contributed by atoms with E-state index in [-0.39, 0.29) is 0 Å². The first-order valence-electron chi connectivity index (χ1n) is 4.06. The Morgan fingerprint density at radius 2 is 2.38 bits per heavy atom. The molecule has 0 radical (unpaired) electrons. The molecule has 13 heavy (non-hydrogen) atoms. The van der Waals surface area contributed by atoms with E-state index in [4.69, 9.17) is 5.73 Å². The third-order valence-electron chi connectivity index (χ3n) is 2.08. The minimum absolute atomic E-state index is 0.540. The number of H-pyrrole nitrogens is 1. The molecule has 4 heteroatoms. The monoisotopic (exact) mass is 193 g/mol. The topological polar surface area (TPSA) is 54.7 Å². The summed E-state index contributed by atoms with van der Waals surface area (Å²) < 4.78 is 0. The number of rotatable bonds is 2. The molecule has 2 rings (SSSR count). The largest absolute Gasteiger partial charge is 0.345 e. The van der Waals surface area contributed by atoms with E-state index in [1.54, 1.807) is 18.1 Å². The summed E-state index contributed by atoms with van der Waals surface area (Å²) in [7, 11) is 0. The second-order valence-electron chi connectivity index (χ2n) is 2.75. The highest BCUT2D eigenvalue weighted by atomic mass is 32.2. The van der Waals surface area contributed by atoms with Gasteiger partial charge in [-0.05, 0) is 18.4 Å². The smallest absolute Gasteiger partial charge is 0.0938 e. The number of aromatic amines is 1. The second kappa shape index (κ2) is 3.40. The van der Waals surface area contributed by atoms with Crippen molar-refractivity contribution in [2.45, 2.75) is 11.4 Å². The molecular formula is C9H11N3S. The third-order valence-corrected chi connectivity index (χ3v) is 2.90. The van der Waals surface area contributed by atoms with Gasteiger partial charge in [0.2, 0.25) is 0 Å². The van der Waals surface area contributed by atoms with Gasteiger partial charge in [0, 0.05) is 17.0 Å². The lowest BCUT2D eigenvalue weighted by atomic mass is 10.2. The lowest BCUT2D eigenvalue weighted by molar-refractivity contribution is 1.04. The van der Waals surface area contributed by atoms with E-state index in [0.717, 1.165) is 16.6 Å². The molecule has 1 aromatic heterocycles. The van der Waals surface area contributed by atoms with Gasteiger partial charge in [-0.15, -0.1) is 11.8 Å². The van der Waals surface area contributed by atoms with Gasteiger partial charge in [-0.25, -0.2) is 4.98 Å². The highest BCUT2D eigenvalue weighted by molar-refractivity contribution is 7.98. The van der Waals surface area contributed by atoms with Crippen molar-refractivity contribution in [3.63, 3.8) is 0 Å². The molecule has 1 aromatic carbocycles. The first kappa shape index (κ1) is 8.59. The summed E-state index contributed by atoms with van der Waals surface area (Å²) in [6.07, 6.45) is 3.75. The fourth-order valence-electron chi connectivity index (χ4n) is 1.44. The molecule has 0 saturated carbocycles. The standard InChI is InChI=1S/C9H11N3S/c1-13-8-3-2-7-9(6(8)4-10)12-5-11-7/h2-3,5H,4,10H2,1H3,(H,11,12). The van der Waals surface area contributed by atoms with Crippen LogP contribution in [0.3, 0.4) is 0 Å². The maximum atomic E-state index is 5.68. The molecule has 0 bridgehead atoms. The van der Waals surface area contributed by atoms with Crippen LogP contribution in [0.25, 0.3) is 11.0 Å². The van der Waals surface area contributed by atoms with Crippen molar-refractivity contribution in [1.29, 1.82) is 0 Å². The molecule has 68 valence electrons. The summed E-state index contributed by atoms with van der Waals surface area (Å²) in [5.41, 5.74) is 8.86. The number of thioether (sulfide) groups is 1. The van der Waals surface area contributed by atoms with Crippen molar-refractivity contribution in [1.82, 2.24) is 9.97 Å². The van der Waals surface area contributed by atoms with Crippen molar-refractivity contribution >= 4 is 22.8 Å². The molecule has 2 aromatic rings. The average Bonchev–Trinajstić information content (AvgIpc) is 2.63. The van der Waals surface area contributed by atoms with Gasteiger partial charge in [0.1, 0.15) is 0 Å². The number of aromatic nitrogens is 2. The van der Waals surface area contributed by atoms with Gasteiger partial charge in [-0.3, -0.25) is 0 Å². The van der Waals surface area contributed by atoms with Crippen LogP contribution < -0.4 is 5.73 Å². The van der Waals surface area contributed by atoms with E-state index >= 15 is 0 Å². The summed E-state index contributed by atoms with van der Waals surface area (Å²) in [6, 6.07) is 4.11. The number of hydrogen-bond donors (Lipinski definition) is 2. The highest BCUT2D eigenvalue weighted by Crippen LogP contribution is 2.25. The molecule has 0 atom stereocenters. The Hall–Kier alpha value is -1.00. The first-order chi connectivity index (χ1) is 6.36. The molecule has 0 aliphatic carbocycles. The SMILES string of the molecule is CSc1ccc2[nH]cnc2c1CN. The van der Waals surface area contributed by atoms with Gasteiger partial charge in [-0.1, -0.05) is 0 Å². The van der Waals surface area contributed by atoms with Crippen molar-refractivity contribution in [3.05, 3.63) is 24.0 Å². The summed E-state index contributed by atoms with van der Waals surface area (Å²) in [4.78, 5) is 8.53. The van der Waals surface area contributed by atoms with Crippen molar-refractivity contribution in [2.24, 2.45) is 5.73 Å². The van der Waals surface area contributed by atoms with Crippen LogP contribution in [0.5, 0.6) is 0 Å².